The molecule has 0 spiro atoms. The van der Waals surface area contributed by atoms with Gasteiger partial charge in [0.25, 0.3) is 0 Å². The normalized spacial score (nSPS) is 52.2. The third-order valence-electron chi connectivity index (χ3n) is 8.49. The highest BCUT2D eigenvalue weighted by Gasteiger charge is 2.62. The molecule has 3 saturated carbocycles. The highest BCUT2D eigenvalue weighted by molar-refractivity contribution is 5.82. The number of carbonyl (C=O) groups excluding carboxylic acids is 1. The van der Waals surface area contributed by atoms with E-state index in [0.717, 1.165) is 38.5 Å². The smallest absolute Gasteiger partial charge is 0.136 e. The van der Waals surface area contributed by atoms with Gasteiger partial charge in [-0.25, -0.2) is 0 Å². The van der Waals surface area contributed by atoms with Crippen LogP contribution in [0.15, 0.2) is 24.3 Å². The van der Waals surface area contributed by atoms with E-state index >= 15 is 0 Å². The summed E-state index contributed by atoms with van der Waals surface area (Å²) in [5, 5.41) is 11.1. The van der Waals surface area contributed by atoms with Gasteiger partial charge in [-0.2, -0.15) is 0 Å². The summed E-state index contributed by atoms with van der Waals surface area (Å²) in [6.45, 7) is 8.66. The van der Waals surface area contributed by atoms with Gasteiger partial charge in [-0.05, 0) is 61.7 Å². The number of hydrogen-bond donors (Lipinski definition) is 1. The van der Waals surface area contributed by atoms with Crippen molar-refractivity contribution in [1.29, 1.82) is 0 Å². The minimum Gasteiger partial charge on any atom is -0.385 e. The van der Waals surface area contributed by atoms with Crippen molar-refractivity contribution in [2.75, 3.05) is 0 Å². The first-order chi connectivity index (χ1) is 10.8. The third kappa shape index (κ3) is 1.88. The average molecular weight is 314 g/mol. The Bertz CT molecular complexity index is 591. The molecule has 0 amide bonds. The summed E-state index contributed by atoms with van der Waals surface area (Å²) in [4.78, 5) is 11.9. The molecule has 6 atom stereocenters. The molecule has 0 radical (unpaired) electrons. The molecule has 0 heterocycles. The topological polar surface area (TPSA) is 37.3 Å². The Balaban J connectivity index is 1.70. The van der Waals surface area contributed by atoms with Gasteiger partial charge in [-0.3, -0.25) is 4.79 Å². The largest absolute Gasteiger partial charge is 0.385 e. The number of Topliss-reactive ketones (excluding diaryl/α,β-unsaturated/α-hetero) is 1. The Morgan fingerprint density at radius 1 is 1.22 bits per heavy atom. The lowest BCUT2D eigenvalue weighted by Crippen LogP contribution is -2.53. The summed E-state index contributed by atoms with van der Waals surface area (Å²) in [5.74, 6) is 2.39. The van der Waals surface area contributed by atoms with Crippen molar-refractivity contribution in [2.24, 2.45) is 28.6 Å². The number of aliphatic hydroxyl groups is 1. The van der Waals surface area contributed by atoms with Crippen LogP contribution in [0.25, 0.3) is 0 Å². The van der Waals surface area contributed by atoms with Gasteiger partial charge in [-0.1, -0.05) is 31.6 Å². The van der Waals surface area contributed by atoms with Crippen LogP contribution in [0.5, 0.6) is 0 Å². The summed E-state index contributed by atoms with van der Waals surface area (Å²) < 4.78 is 0. The second-order valence-electron chi connectivity index (χ2n) is 9.10. The molecule has 0 saturated heterocycles. The number of fused-ring (bicyclic) bond motifs is 5. The zero-order chi connectivity index (χ0) is 16.5. The fourth-order valence-electron chi connectivity index (χ4n) is 6.86. The van der Waals surface area contributed by atoms with Crippen LogP contribution in [0.1, 0.15) is 65.2 Å². The fraction of sp³-hybridized carbons (Fsp3) is 0.762. The number of allylic oxidation sites excluding steroid dienone is 2. The molecule has 3 fully saturated rings. The summed E-state index contributed by atoms with van der Waals surface area (Å²) in [5.41, 5.74) is 0.959. The second kappa shape index (κ2) is 4.81. The van der Waals surface area contributed by atoms with Gasteiger partial charge in [-0.15, -0.1) is 6.58 Å². The van der Waals surface area contributed by atoms with Crippen molar-refractivity contribution in [3.8, 4) is 0 Å². The van der Waals surface area contributed by atoms with E-state index in [2.05, 4.69) is 26.5 Å². The van der Waals surface area contributed by atoms with Crippen LogP contribution in [0.3, 0.4) is 0 Å². The van der Waals surface area contributed by atoms with Gasteiger partial charge in [0.1, 0.15) is 5.78 Å². The molecular formula is C21H30O2. The summed E-state index contributed by atoms with van der Waals surface area (Å²) in [7, 11) is 0. The molecule has 0 bridgehead atoms. The maximum absolute atomic E-state index is 11.9. The number of hydrogen-bond acceptors (Lipinski definition) is 2. The van der Waals surface area contributed by atoms with E-state index in [0.29, 0.717) is 30.0 Å². The predicted octanol–water partition coefficient (Wildman–Crippen LogP) is 4.44. The van der Waals surface area contributed by atoms with Gasteiger partial charge in [0.2, 0.25) is 0 Å². The first-order valence-corrected chi connectivity index (χ1v) is 9.41. The summed E-state index contributed by atoms with van der Waals surface area (Å²) in [6, 6.07) is 0. The van der Waals surface area contributed by atoms with Crippen LogP contribution in [0.2, 0.25) is 0 Å². The van der Waals surface area contributed by atoms with E-state index in [1.165, 1.54) is 12.0 Å². The highest BCUT2D eigenvalue weighted by Crippen LogP contribution is 2.67. The van der Waals surface area contributed by atoms with Crippen molar-refractivity contribution < 1.29 is 9.90 Å². The Kier molecular flexibility index (Phi) is 3.27. The molecule has 2 nitrogen and oxygen atoms in total. The van der Waals surface area contributed by atoms with E-state index in [9.17, 15) is 9.90 Å². The van der Waals surface area contributed by atoms with E-state index in [-0.39, 0.29) is 10.8 Å². The summed E-state index contributed by atoms with van der Waals surface area (Å²) in [6.07, 6.45) is 12.1. The first kappa shape index (κ1) is 15.6. The van der Waals surface area contributed by atoms with Gasteiger partial charge in [0.05, 0.1) is 5.60 Å². The zero-order valence-corrected chi connectivity index (χ0v) is 14.6. The Labute approximate surface area is 140 Å². The molecule has 4 aliphatic rings. The maximum atomic E-state index is 11.9. The fourth-order valence-corrected chi connectivity index (χ4v) is 6.86. The number of rotatable bonds is 1. The zero-order valence-electron chi connectivity index (χ0n) is 14.6. The van der Waals surface area contributed by atoms with Crippen molar-refractivity contribution in [2.45, 2.75) is 70.8 Å². The lowest BCUT2D eigenvalue weighted by molar-refractivity contribution is -0.124. The molecule has 23 heavy (non-hydrogen) atoms. The van der Waals surface area contributed by atoms with E-state index in [1.54, 1.807) is 0 Å². The van der Waals surface area contributed by atoms with Crippen LogP contribution < -0.4 is 0 Å². The quantitative estimate of drug-likeness (QED) is 0.727. The second-order valence-corrected chi connectivity index (χ2v) is 9.10. The number of carbonyl (C=O) groups is 1. The molecule has 0 aliphatic heterocycles. The molecule has 4 rings (SSSR count). The van der Waals surface area contributed by atoms with Crippen molar-refractivity contribution in [3.05, 3.63) is 24.3 Å². The Morgan fingerprint density at radius 2 is 1.96 bits per heavy atom. The Hall–Kier alpha value is -0.890. The molecule has 3 unspecified atom stereocenters. The SMILES string of the molecule is C=C[C@]1(O)CCC2C3CC=C4CC(=O)CC[C@]4(C)C3CC[C@@]21C. The third-order valence-corrected chi connectivity index (χ3v) is 8.49. The van der Waals surface area contributed by atoms with Gasteiger partial charge >= 0.3 is 0 Å². The monoisotopic (exact) mass is 314 g/mol. The molecular weight excluding hydrogens is 284 g/mol. The van der Waals surface area contributed by atoms with Crippen LogP contribution >= 0.6 is 0 Å². The maximum Gasteiger partial charge on any atom is 0.136 e. The molecule has 0 aromatic heterocycles. The molecule has 4 aliphatic carbocycles. The van der Waals surface area contributed by atoms with Gasteiger partial charge in [0.15, 0.2) is 0 Å². The number of ketones is 1. The minimum atomic E-state index is -0.684. The standard InChI is InChI=1S/C21H30O2/c1-4-21(23)12-9-18-16-6-5-14-13-15(22)7-10-19(14,2)17(16)8-11-20(18,21)3/h4-5,16-18,23H,1,6-13H2,2-3H3/t16?,17?,18?,19-,20-,21-/m0/s1. The summed E-state index contributed by atoms with van der Waals surface area (Å²) >= 11 is 0. The van der Waals surface area contributed by atoms with Crippen LogP contribution in [-0.4, -0.2) is 16.5 Å². The molecule has 0 aromatic rings. The molecule has 1 N–H and O–H groups in total. The van der Waals surface area contributed by atoms with Crippen molar-refractivity contribution in [3.63, 3.8) is 0 Å². The highest BCUT2D eigenvalue weighted by atomic mass is 16.3. The lowest BCUT2D eigenvalue weighted by Gasteiger charge is -2.58. The van der Waals surface area contributed by atoms with Crippen LogP contribution in [0.4, 0.5) is 0 Å². The minimum absolute atomic E-state index is 0.0118. The molecule has 126 valence electrons. The van der Waals surface area contributed by atoms with Crippen molar-refractivity contribution >= 4 is 5.78 Å². The van der Waals surface area contributed by atoms with Crippen LogP contribution in [-0.2, 0) is 4.79 Å². The average Bonchev–Trinajstić information content (AvgIpc) is 2.80. The lowest BCUT2D eigenvalue weighted by atomic mass is 9.47. The van der Waals surface area contributed by atoms with Crippen molar-refractivity contribution in [1.82, 2.24) is 0 Å². The first-order valence-electron chi connectivity index (χ1n) is 9.41. The molecule has 2 heteroatoms. The van der Waals surface area contributed by atoms with Crippen LogP contribution in [0, 0.1) is 28.6 Å². The van der Waals surface area contributed by atoms with Gasteiger partial charge in [0, 0.05) is 18.3 Å². The Morgan fingerprint density at radius 3 is 2.70 bits per heavy atom. The van der Waals surface area contributed by atoms with E-state index in [1.807, 2.05) is 6.08 Å². The predicted molar refractivity (Wildman–Crippen MR) is 91.9 cm³/mol. The van der Waals surface area contributed by atoms with Gasteiger partial charge < -0.3 is 5.11 Å². The molecule has 0 aromatic carbocycles. The van der Waals surface area contributed by atoms with E-state index < -0.39 is 5.60 Å². The van der Waals surface area contributed by atoms with E-state index in [4.69, 9.17) is 0 Å².